The lowest BCUT2D eigenvalue weighted by Crippen LogP contribution is -2.31. The second-order valence-electron chi connectivity index (χ2n) is 4.07. The van der Waals surface area contributed by atoms with Crippen LogP contribution in [-0.2, 0) is 14.4 Å². The molecule has 7 N–H and O–H groups in total. The van der Waals surface area contributed by atoms with E-state index in [9.17, 15) is 14.4 Å². The molecule has 0 bridgehead atoms. The van der Waals surface area contributed by atoms with Gasteiger partial charge in [0.05, 0.1) is 0 Å². The fourth-order valence-electron chi connectivity index (χ4n) is 1.23. The van der Waals surface area contributed by atoms with Gasteiger partial charge in [0.15, 0.2) is 0 Å². The van der Waals surface area contributed by atoms with Crippen LogP contribution in [0.25, 0.3) is 6.08 Å². The molecule has 1 rings (SSSR count). The van der Waals surface area contributed by atoms with Gasteiger partial charge in [0.1, 0.15) is 12.3 Å². The molecule has 0 heterocycles. The summed E-state index contributed by atoms with van der Waals surface area (Å²) >= 11 is 0. The Balaban J connectivity index is 0.000000384. The number of primary amides is 1. The van der Waals surface area contributed by atoms with E-state index in [2.05, 4.69) is 0 Å². The molecular weight excluding hydrogens is 274 g/mol. The summed E-state index contributed by atoms with van der Waals surface area (Å²) in [7, 11) is 0. The van der Waals surface area contributed by atoms with Gasteiger partial charge in [-0.25, -0.2) is 0 Å². The van der Waals surface area contributed by atoms with Gasteiger partial charge in [-0.2, -0.15) is 0 Å². The zero-order chi connectivity index (χ0) is 16.3. The molecule has 0 saturated heterocycles. The molecule has 0 aromatic heterocycles. The van der Waals surface area contributed by atoms with E-state index >= 15 is 0 Å². The van der Waals surface area contributed by atoms with Crippen LogP contribution in [0.15, 0.2) is 30.3 Å². The largest absolute Gasteiger partial charge is 0.480 e. The van der Waals surface area contributed by atoms with Gasteiger partial charge in [-0.1, -0.05) is 18.2 Å². The van der Waals surface area contributed by atoms with E-state index in [-0.39, 0.29) is 12.8 Å². The minimum absolute atomic E-state index is 0.0213. The quantitative estimate of drug-likeness (QED) is 0.333. The third-order valence-electron chi connectivity index (χ3n) is 2.37. The Morgan fingerprint density at radius 1 is 1.29 bits per heavy atom. The average Bonchev–Trinajstić information content (AvgIpc) is 2.44. The maximum Gasteiger partial charge on any atom is 0.320 e. The van der Waals surface area contributed by atoms with Gasteiger partial charge in [-0.15, -0.1) is 0 Å². The molecule has 114 valence electrons. The molecule has 0 aliphatic heterocycles. The molecule has 21 heavy (non-hydrogen) atoms. The summed E-state index contributed by atoms with van der Waals surface area (Å²) in [5.41, 5.74) is 17.0. The fourth-order valence-corrected chi connectivity index (χ4v) is 1.23. The maximum atomic E-state index is 10.1. The summed E-state index contributed by atoms with van der Waals surface area (Å²) in [5, 5.41) is 8.22. The number of carboxylic acid groups (broad SMARTS) is 1. The molecule has 1 unspecified atom stereocenters. The molecule has 0 saturated carbocycles. The van der Waals surface area contributed by atoms with Crippen molar-refractivity contribution in [1.82, 2.24) is 0 Å². The van der Waals surface area contributed by atoms with E-state index in [1.165, 1.54) is 6.08 Å². The molecule has 1 aromatic carbocycles. The zero-order valence-electron chi connectivity index (χ0n) is 11.4. The number of aliphatic carboxylic acids is 1. The van der Waals surface area contributed by atoms with Gasteiger partial charge in [0.2, 0.25) is 5.91 Å². The Morgan fingerprint density at radius 3 is 2.38 bits per heavy atom. The van der Waals surface area contributed by atoms with Crippen LogP contribution in [-0.4, -0.2) is 29.3 Å². The van der Waals surface area contributed by atoms with E-state index < -0.39 is 17.9 Å². The Kier molecular flexibility index (Phi) is 8.87. The Bertz CT molecular complexity index is 515. The number of carboxylic acids is 1. The minimum Gasteiger partial charge on any atom is -0.480 e. The molecule has 7 heteroatoms. The number of anilines is 1. The van der Waals surface area contributed by atoms with Crippen molar-refractivity contribution >= 4 is 29.9 Å². The molecule has 0 radical (unpaired) electrons. The number of nitrogens with two attached hydrogens (primary N) is 3. The summed E-state index contributed by atoms with van der Waals surface area (Å²) in [6, 6.07) is 6.40. The van der Waals surface area contributed by atoms with Gasteiger partial charge in [-0.05, 0) is 30.2 Å². The first kappa shape index (κ1) is 18.3. The highest BCUT2D eigenvalue weighted by Crippen LogP contribution is 2.11. The Hall–Kier alpha value is -2.67. The zero-order valence-corrected chi connectivity index (χ0v) is 11.4. The molecule has 0 spiro atoms. The SMILES string of the molecule is NC(=O)CCC(N)C(=O)O.Nc1ccccc1/C=C/C=O. The third-order valence-corrected chi connectivity index (χ3v) is 2.37. The van der Waals surface area contributed by atoms with Crippen LogP contribution in [0, 0.1) is 0 Å². The van der Waals surface area contributed by atoms with Gasteiger partial charge < -0.3 is 22.3 Å². The van der Waals surface area contributed by atoms with Gasteiger partial charge in [-0.3, -0.25) is 14.4 Å². The van der Waals surface area contributed by atoms with Crippen LogP contribution >= 0.6 is 0 Å². The highest BCUT2D eigenvalue weighted by molar-refractivity contribution is 5.77. The van der Waals surface area contributed by atoms with Crippen molar-refractivity contribution in [1.29, 1.82) is 0 Å². The predicted octanol–water partition coefficient (Wildman–Crippen LogP) is 0.145. The van der Waals surface area contributed by atoms with Gasteiger partial charge in [0.25, 0.3) is 0 Å². The molecule has 1 aromatic rings. The van der Waals surface area contributed by atoms with Crippen LogP contribution in [0.2, 0.25) is 0 Å². The number of rotatable bonds is 6. The monoisotopic (exact) mass is 293 g/mol. The van der Waals surface area contributed by atoms with Crippen molar-refractivity contribution in [3.63, 3.8) is 0 Å². The predicted molar refractivity (Wildman–Crippen MR) is 80.0 cm³/mol. The summed E-state index contributed by atoms with van der Waals surface area (Å²) in [6.45, 7) is 0. The lowest BCUT2D eigenvalue weighted by Gasteiger charge is -2.01. The number of aldehydes is 1. The van der Waals surface area contributed by atoms with Crippen molar-refractivity contribution < 1.29 is 19.5 Å². The van der Waals surface area contributed by atoms with Crippen LogP contribution in [0.4, 0.5) is 5.69 Å². The minimum atomic E-state index is -1.11. The topological polar surface area (TPSA) is 150 Å². The average molecular weight is 293 g/mol. The number of para-hydroxylation sites is 1. The van der Waals surface area contributed by atoms with Crippen LogP contribution in [0.3, 0.4) is 0 Å². The molecular formula is C14H19N3O4. The van der Waals surface area contributed by atoms with E-state index in [4.69, 9.17) is 22.3 Å². The normalized spacial score (nSPS) is 11.3. The Morgan fingerprint density at radius 2 is 1.90 bits per heavy atom. The second-order valence-corrected chi connectivity index (χ2v) is 4.07. The van der Waals surface area contributed by atoms with E-state index in [1.54, 1.807) is 12.1 Å². The number of carbonyl (C=O) groups is 3. The van der Waals surface area contributed by atoms with Crippen molar-refractivity contribution in [2.24, 2.45) is 11.5 Å². The third kappa shape index (κ3) is 8.95. The highest BCUT2D eigenvalue weighted by Gasteiger charge is 2.11. The number of amides is 1. The number of benzene rings is 1. The van der Waals surface area contributed by atoms with Crippen LogP contribution < -0.4 is 17.2 Å². The fraction of sp³-hybridized carbons (Fsp3) is 0.214. The molecule has 0 aliphatic carbocycles. The summed E-state index contributed by atoms with van der Waals surface area (Å²) in [6.07, 6.45) is 3.96. The Labute approximate surface area is 122 Å². The molecule has 0 aliphatic rings. The molecule has 1 atom stereocenters. The lowest BCUT2D eigenvalue weighted by atomic mass is 10.2. The van der Waals surface area contributed by atoms with Gasteiger partial charge >= 0.3 is 5.97 Å². The number of hydrogen-bond acceptors (Lipinski definition) is 5. The number of nitrogen functional groups attached to an aromatic ring is 1. The van der Waals surface area contributed by atoms with E-state index in [0.717, 1.165) is 11.8 Å². The first-order chi connectivity index (χ1) is 9.88. The first-order valence-corrected chi connectivity index (χ1v) is 6.11. The lowest BCUT2D eigenvalue weighted by molar-refractivity contribution is -0.138. The molecule has 7 nitrogen and oxygen atoms in total. The summed E-state index contributed by atoms with van der Waals surface area (Å²) in [4.78, 5) is 30.1. The highest BCUT2D eigenvalue weighted by atomic mass is 16.4. The van der Waals surface area contributed by atoms with E-state index in [0.29, 0.717) is 5.69 Å². The smallest absolute Gasteiger partial charge is 0.320 e. The summed E-state index contributed by atoms with van der Waals surface area (Å²) < 4.78 is 0. The van der Waals surface area contributed by atoms with Crippen LogP contribution in [0.5, 0.6) is 0 Å². The second kappa shape index (κ2) is 10.2. The number of allylic oxidation sites excluding steroid dienone is 1. The van der Waals surface area contributed by atoms with Crippen LogP contribution in [0.1, 0.15) is 18.4 Å². The van der Waals surface area contributed by atoms with Gasteiger partial charge in [0, 0.05) is 12.1 Å². The first-order valence-electron chi connectivity index (χ1n) is 6.11. The number of hydrogen-bond donors (Lipinski definition) is 4. The molecule has 0 fully saturated rings. The summed E-state index contributed by atoms with van der Waals surface area (Å²) in [5.74, 6) is -1.64. The standard InChI is InChI=1S/C9H9NO.C5H10N2O3/c10-9-6-2-1-4-8(9)5-3-7-11;6-3(5(9)10)1-2-4(7)8/h1-7H,10H2;3H,1-2,6H2,(H2,7,8)(H,9,10)/b5-3+;. The van der Waals surface area contributed by atoms with E-state index in [1.807, 2.05) is 18.2 Å². The maximum absolute atomic E-state index is 10.1. The van der Waals surface area contributed by atoms with Crippen molar-refractivity contribution in [3.8, 4) is 0 Å². The van der Waals surface area contributed by atoms with Crippen molar-refractivity contribution in [2.45, 2.75) is 18.9 Å². The molecule has 1 amide bonds. The number of carbonyl (C=O) groups excluding carboxylic acids is 2. The van der Waals surface area contributed by atoms with Crippen molar-refractivity contribution in [2.75, 3.05) is 5.73 Å². The van der Waals surface area contributed by atoms with Crippen molar-refractivity contribution in [3.05, 3.63) is 35.9 Å².